The lowest BCUT2D eigenvalue weighted by molar-refractivity contribution is -0.140. The fourth-order valence-electron chi connectivity index (χ4n) is 3.17. The van der Waals surface area contributed by atoms with Gasteiger partial charge in [0.15, 0.2) is 0 Å². The van der Waals surface area contributed by atoms with Crippen molar-refractivity contribution in [1.29, 1.82) is 0 Å². The molecule has 0 unspecified atom stereocenters. The van der Waals surface area contributed by atoms with Crippen LogP contribution >= 0.6 is 46.4 Å². The van der Waals surface area contributed by atoms with Crippen LogP contribution in [0.5, 0.6) is 0 Å². The Morgan fingerprint density at radius 1 is 1.00 bits per heavy atom. The standard InChI is InChI=1S/C21H23Cl4N3O4S/c1-4-19(21(30)26-2)27(11-13-5-6-14(22)9-17(13)24)20(29)12-28(33(3,31)32)15-7-8-16(23)18(25)10-15/h5-10,19H,4,11-12H2,1-3H3,(H,26,30)/t19-/m1/s1. The molecule has 7 nitrogen and oxygen atoms in total. The van der Waals surface area contributed by atoms with Gasteiger partial charge in [-0.15, -0.1) is 0 Å². The molecule has 33 heavy (non-hydrogen) atoms. The second kappa shape index (κ2) is 11.6. The summed E-state index contributed by atoms with van der Waals surface area (Å²) in [7, 11) is -2.42. The van der Waals surface area contributed by atoms with Crippen LogP contribution in [0.4, 0.5) is 5.69 Å². The van der Waals surface area contributed by atoms with Crippen molar-refractivity contribution in [3.8, 4) is 0 Å². The molecule has 2 aromatic carbocycles. The number of nitrogens with zero attached hydrogens (tertiary/aromatic N) is 2. The number of anilines is 1. The number of halogens is 4. The summed E-state index contributed by atoms with van der Waals surface area (Å²) >= 11 is 24.2. The second-order valence-electron chi connectivity index (χ2n) is 7.16. The Hall–Kier alpha value is -1.71. The van der Waals surface area contributed by atoms with Crippen molar-refractivity contribution in [2.75, 3.05) is 24.2 Å². The normalized spacial score (nSPS) is 12.2. The van der Waals surface area contributed by atoms with E-state index in [9.17, 15) is 18.0 Å². The second-order valence-corrected chi connectivity index (χ2v) is 10.7. The highest BCUT2D eigenvalue weighted by Crippen LogP contribution is 2.29. The largest absolute Gasteiger partial charge is 0.357 e. The Morgan fingerprint density at radius 3 is 2.18 bits per heavy atom. The van der Waals surface area contributed by atoms with Crippen LogP contribution in [-0.4, -0.2) is 51.0 Å². The van der Waals surface area contributed by atoms with Crippen molar-refractivity contribution in [2.24, 2.45) is 0 Å². The molecule has 12 heteroatoms. The van der Waals surface area contributed by atoms with Crippen LogP contribution in [0.1, 0.15) is 18.9 Å². The van der Waals surface area contributed by atoms with E-state index in [1.165, 1.54) is 36.2 Å². The molecule has 2 amide bonds. The Labute approximate surface area is 213 Å². The third kappa shape index (κ3) is 7.13. The Kier molecular flexibility index (Phi) is 9.70. The van der Waals surface area contributed by atoms with Crippen LogP contribution in [0.15, 0.2) is 36.4 Å². The maximum absolute atomic E-state index is 13.4. The molecule has 0 aliphatic carbocycles. The van der Waals surface area contributed by atoms with E-state index >= 15 is 0 Å². The monoisotopic (exact) mass is 553 g/mol. The molecule has 2 aromatic rings. The van der Waals surface area contributed by atoms with Gasteiger partial charge in [-0.1, -0.05) is 59.4 Å². The molecule has 1 atom stereocenters. The Balaban J connectivity index is 2.48. The van der Waals surface area contributed by atoms with Crippen LogP contribution in [0.3, 0.4) is 0 Å². The molecule has 0 bridgehead atoms. The number of rotatable bonds is 9. The van der Waals surface area contributed by atoms with Gasteiger partial charge in [0, 0.05) is 23.6 Å². The predicted molar refractivity (Wildman–Crippen MR) is 134 cm³/mol. The zero-order valence-electron chi connectivity index (χ0n) is 18.1. The van der Waals surface area contributed by atoms with Crippen molar-refractivity contribution in [3.63, 3.8) is 0 Å². The molecule has 180 valence electrons. The average Bonchev–Trinajstić information content (AvgIpc) is 2.74. The Bertz CT molecular complexity index is 1140. The molecular weight excluding hydrogens is 532 g/mol. The van der Waals surface area contributed by atoms with Gasteiger partial charge in [0.1, 0.15) is 12.6 Å². The Morgan fingerprint density at radius 2 is 1.67 bits per heavy atom. The van der Waals surface area contributed by atoms with Crippen LogP contribution in [0.25, 0.3) is 0 Å². The van der Waals surface area contributed by atoms with E-state index < -0.39 is 34.4 Å². The van der Waals surface area contributed by atoms with Gasteiger partial charge in [0.25, 0.3) is 0 Å². The van der Waals surface area contributed by atoms with E-state index in [2.05, 4.69) is 5.32 Å². The smallest absolute Gasteiger partial charge is 0.244 e. The van der Waals surface area contributed by atoms with Gasteiger partial charge in [-0.25, -0.2) is 8.42 Å². The van der Waals surface area contributed by atoms with Crippen LogP contribution in [-0.2, 0) is 26.2 Å². The maximum Gasteiger partial charge on any atom is 0.244 e. The number of likely N-dealkylation sites (N-methyl/N-ethyl adjacent to an activating group) is 1. The number of carbonyl (C=O) groups excluding carboxylic acids is 2. The summed E-state index contributed by atoms with van der Waals surface area (Å²) in [6.45, 7) is 1.16. The first-order valence-electron chi connectivity index (χ1n) is 9.76. The fraction of sp³-hybridized carbons (Fsp3) is 0.333. The SMILES string of the molecule is CC[C@H](C(=O)NC)N(Cc1ccc(Cl)cc1Cl)C(=O)CN(c1ccc(Cl)c(Cl)c1)S(C)(=O)=O. The van der Waals surface area contributed by atoms with Crippen molar-refractivity contribution < 1.29 is 18.0 Å². The molecule has 2 rings (SSSR count). The highest BCUT2D eigenvalue weighted by molar-refractivity contribution is 7.92. The van der Waals surface area contributed by atoms with E-state index in [1.807, 2.05) is 0 Å². The molecule has 0 fully saturated rings. The first-order valence-corrected chi connectivity index (χ1v) is 13.1. The first kappa shape index (κ1) is 27.5. The number of carbonyl (C=O) groups is 2. The quantitative estimate of drug-likeness (QED) is 0.490. The van der Waals surface area contributed by atoms with Gasteiger partial charge >= 0.3 is 0 Å². The summed E-state index contributed by atoms with van der Waals surface area (Å²) in [4.78, 5) is 27.3. The molecule has 0 aromatic heterocycles. The van der Waals surface area contributed by atoms with Crippen molar-refractivity contribution in [3.05, 3.63) is 62.1 Å². The minimum absolute atomic E-state index is 0.0280. The summed E-state index contributed by atoms with van der Waals surface area (Å²) < 4.78 is 26.0. The minimum Gasteiger partial charge on any atom is -0.357 e. The molecule has 0 aliphatic heterocycles. The van der Waals surface area contributed by atoms with Crippen LogP contribution in [0, 0.1) is 0 Å². The van der Waals surface area contributed by atoms with E-state index in [4.69, 9.17) is 46.4 Å². The van der Waals surface area contributed by atoms with Crippen molar-refractivity contribution in [2.45, 2.75) is 25.9 Å². The van der Waals surface area contributed by atoms with E-state index in [0.29, 0.717) is 22.0 Å². The van der Waals surface area contributed by atoms with E-state index in [0.717, 1.165) is 10.6 Å². The third-order valence-electron chi connectivity index (χ3n) is 4.86. The van der Waals surface area contributed by atoms with Crippen LogP contribution < -0.4 is 9.62 Å². The van der Waals surface area contributed by atoms with E-state index in [-0.39, 0.29) is 22.3 Å². The van der Waals surface area contributed by atoms with E-state index in [1.54, 1.807) is 19.1 Å². The molecule has 1 N–H and O–H groups in total. The number of benzene rings is 2. The topological polar surface area (TPSA) is 86.8 Å². The summed E-state index contributed by atoms with van der Waals surface area (Å²) in [6, 6.07) is 8.17. The van der Waals surface area contributed by atoms with Gasteiger partial charge in [-0.2, -0.15) is 0 Å². The third-order valence-corrected chi connectivity index (χ3v) is 7.33. The summed E-state index contributed by atoms with van der Waals surface area (Å²) in [5.41, 5.74) is 0.718. The number of hydrogen-bond donors (Lipinski definition) is 1. The van der Waals surface area contributed by atoms with Gasteiger partial charge < -0.3 is 10.2 Å². The summed E-state index contributed by atoms with van der Waals surface area (Å²) in [6.07, 6.45) is 1.27. The molecule has 0 spiro atoms. The lowest BCUT2D eigenvalue weighted by Gasteiger charge is -2.32. The van der Waals surface area contributed by atoms with Gasteiger partial charge in [0.05, 0.1) is 22.0 Å². The lowest BCUT2D eigenvalue weighted by Crippen LogP contribution is -2.51. The fourth-order valence-corrected chi connectivity index (χ4v) is 4.78. The number of hydrogen-bond acceptors (Lipinski definition) is 4. The highest BCUT2D eigenvalue weighted by atomic mass is 35.5. The molecule has 0 saturated heterocycles. The van der Waals surface area contributed by atoms with Crippen LogP contribution in [0.2, 0.25) is 20.1 Å². The number of nitrogens with one attached hydrogen (secondary N) is 1. The summed E-state index contributed by atoms with van der Waals surface area (Å²) in [5, 5.41) is 3.65. The zero-order chi connectivity index (χ0) is 24.9. The lowest BCUT2D eigenvalue weighted by atomic mass is 10.1. The zero-order valence-corrected chi connectivity index (χ0v) is 22.0. The summed E-state index contributed by atoms with van der Waals surface area (Å²) in [5.74, 6) is -0.996. The number of sulfonamides is 1. The van der Waals surface area contributed by atoms with Gasteiger partial charge in [-0.3, -0.25) is 13.9 Å². The van der Waals surface area contributed by atoms with Gasteiger partial charge in [0.2, 0.25) is 21.8 Å². The maximum atomic E-state index is 13.4. The molecule has 0 aliphatic rings. The van der Waals surface area contributed by atoms with Crippen molar-refractivity contribution in [1.82, 2.24) is 10.2 Å². The molecule has 0 saturated carbocycles. The molecule has 0 radical (unpaired) electrons. The predicted octanol–water partition coefficient (Wildman–Crippen LogP) is 4.62. The highest BCUT2D eigenvalue weighted by Gasteiger charge is 2.31. The average molecular weight is 555 g/mol. The van der Waals surface area contributed by atoms with Gasteiger partial charge in [-0.05, 0) is 42.3 Å². The molecule has 0 heterocycles. The number of amides is 2. The van der Waals surface area contributed by atoms with Crippen molar-refractivity contribution >= 4 is 73.9 Å². The minimum atomic E-state index is -3.88. The molecular formula is C21H23Cl4N3O4S. The first-order chi connectivity index (χ1) is 15.4.